The first-order chi connectivity index (χ1) is 16.5. The van der Waals surface area contributed by atoms with Gasteiger partial charge in [-0.3, -0.25) is 13.8 Å². The van der Waals surface area contributed by atoms with Crippen molar-refractivity contribution < 1.29 is 22.2 Å². The van der Waals surface area contributed by atoms with E-state index in [-0.39, 0.29) is 24.3 Å². The summed E-state index contributed by atoms with van der Waals surface area (Å²) in [6.07, 6.45) is 1.46. The van der Waals surface area contributed by atoms with E-state index in [1.54, 1.807) is 21.0 Å². The van der Waals surface area contributed by atoms with Gasteiger partial charge in [0, 0.05) is 12.5 Å². The van der Waals surface area contributed by atoms with E-state index >= 15 is 0 Å². The molecular weight excluding hydrogens is 478 g/mol. The van der Waals surface area contributed by atoms with Gasteiger partial charge in [-0.1, -0.05) is 78.8 Å². The molecule has 0 radical (unpaired) electrons. The van der Waals surface area contributed by atoms with Crippen molar-refractivity contribution in [3.05, 3.63) is 47.4 Å². The largest absolute Gasteiger partial charge is 0.342 e. The standard InChI is InChI=1S/C27H45N3O5S/c1-11-35-36(33,34)18-17-21(19(2)3)30(10)25(32)23(26(4,5)6)29-24(31)22(28-9)27(7,8)20-15-13-12-14-16-20/h12-19,21-23,28H,11H2,1-10H3,(H,29,31)/t21-,22-,23-/m1/s1. The van der Waals surface area contributed by atoms with Gasteiger partial charge in [0.05, 0.1) is 24.1 Å². The van der Waals surface area contributed by atoms with Gasteiger partial charge in [0.25, 0.3) is 10.1 Å². The zero-order valence-corrected chi connectivity index (χ0v) is 24.3. The van der Waals surface area contributed by atoms with Gasteiger partial charge in [-0.15, -0.1) is 0 Å². The fourth-order valence-electron chi connectivity index (χ4n) is 4.26. The van der Waals surface area contributed by atoms with Crippen LogP contribution in [0.5, 0.6) is 0 Å². The number of rotatable bonds is 12. The predicted octanol–water partition coefficient (Wildman–Crippen LogP) is 3.45. The first-order valence-electron chi connectivity index (χ1n) is 12.4. The van der Waals surface area contributed by atoms with E-state index in [9.17, 15) is 18.0 Å². The summed E-state index contributed by atoms with van der Waals surface area (Å²) in [6, 6.07) is 7.80. The molecule has 0 unspecified atom stereocenters. The molecule has 0 bridgehead atoms. The van der Waals surface area contributed by atoms with Gasteiger partial charge in [0.15, 0.2) is 0 Å². The van der Waals surface area contributed by atoms with E-state index < -0.39 is 39.1 Å². The fraction of sp³-hybridized carbons (Fsp3) is 0.630. The summed E-state index contributed by atoms with van der Waals surface area (Å²) in [5, 5.41) is 7.11. The van der Waals surface area contributed by atoms with Gasteiger partial charge in [0.2, 0.25) is 11.8 Å². The molecule has 36 heavy (non-hydrogen) atoms. The maximum Gasteiger partial charge on any atom is 0.289 e. The Bertz CT molecular complexity index is 998. The van der Waals surface area contributed by atoms with Crippen molar-refractivity contribution >= 4 is 21.9 Å². The Morgan fingerprint density at radius 2 is 1.61 bits per heavy atom. The molecule has 0 aliphatic rings. The van der Waals surface area contributed by atoms with Crippen LogP contribution in [0.1, 0.15) is 61.0 Å². The van der Waals surface area contributed by atoms with E-state index in [4.69, 9.17) is 4.18 Å². The molecule has 3 atom stereocenters. The highest BCUT2D eigenvalue weighted by Crippen LogP contribution is 2.29. The second kappa shape index (κ2) is 12.8. The number of hydrogen-bond donors (Lipinski definition) is 2. The minimum atomic E-state index is -3.84. The Hall–Kier alpha value is -2.23. The number of carbonyl (C=O) groups excluding carboxylic acids is 2. The summed E-state index contributed by atoms with van der Waals surface area (Å²) in [4.78, 5) is 28.8. The molecule has 1 aromatic rings. The first-order valence-corrected chi connectivity index (χ1v) is 13.8. The second-order valence-corrected chi connectivity index (χ2v) is 12.5. The topological polar surface area (TPSA) is 105 Å². The molecule has 8 nitrogen and oxygen atoms in total. The molecule has 0 aliphatic carbocycles. The quantitative estimate of drug-likeness (QED) is 0.407. The van der Waals surface area contributed by atoms with Gasteiger partial charge >= 0.3 is 0 Å². The van der Waals surface area contributed by atoms with Crippen LogP contribution in [0.3, 0.4) is 0 Å². The SMILES string of the molecule is CCOS(=O)(=O)C=C[C@H](C(C)C)N(C)C(=O)[C@@H](NC(=O)[C@@H](NC)C(C)(C)c1ccccc1)C(C)(C)C. The minimum Gasteiger partial charge on any atom is -0.342 e. The second-order valence-electron chi connectivity index (χ2n) is 11.0. The molecule has 0 fully saturated rings. The normalized spacial score (nSPS) is 15.5. The van der Waals surface area contributed by atoms with Gasteiger partial charge in [-0.25, -0.2) is 0 Å². The van der Waals surface area contributed by atoms with E-state index in [0.29, 0.717) is 0 Å². The average molecular weight is 524 g/mol. The average Bonchev–Trinajstić information content (AvgIpc) is 2.76. The molecule has 1 rings (SSSR count). The Balaban J connectivity index is 3.27. The maximum atomic E-state index is 13.7. The van der Waals surface area contributed by atoms with Crippen molar-refractivity contribution in [2.45, 2.75) is 78.9 Å². The molecule has 0 heterocycles. The van der Waals surface area contributed by atoms with Crippen molar-refractivity contribution in [2.75, 3.05) is 20.7 Å². The van der Waals surface area contributed by atoms with E-state index in [1.807, 2.05) is 78.8 Å². The number of nitrogens with one attached hydrogen (secondary N) is 2. The Labute approximate surface area is 218 Å². The summed E-state index contributed by atoms with van der Waals surface area (Å²) < 4.78 is 28.8. The number of likely N-dealkylation sites (N-methyl/N-ethyl adjacent to an activating group) is 2. The van der Waals surface area contributed by atoms with Crippen LogP contribution in [-0.2, 0) is 29.3 Å². The summed E-state index contributed by atoms with van der Waals surface area (Å²) in [7, 11) is -0.487. The van der Waals surface area contributed by atoms with Crippen molar-refractivity contribution in [1.82, 2.24) is 15.5 Å². The van der Waals surface area contributed by atoms with Crippen LogP contribution >= 0.6 is 0 Å². The summed E-state index contributed by atoms with van der Waals surface area (Å²) in [5.74, 6) is -0.672. The molecule has 0 aliphatic heterocycles. The molecular formula is C27H45N3O5S. The molecule has 2 N–H and O–H groups in total. The Kier molecular flexibility index (Phi) is 11.3. The van der Waals surface area contributed by atoms with Crippen molar-refractivity contribution in [3.63, 3.8) is 0 Å². The third-order valence-electron chi connectivity index (χ3n) is 6.39. The highest BCUT2D eigenvalue weighted by Gasteiger charge is 2.41. The molecule has 0 saturated carbocycles. The van der Waals surface area contributed by atoms with E-state index in [2.05, 4.69) is 10.6 Å². The zero-order chi connectivity index (χ0) is 27.9. The van der Waals surface area contributed by atoms with Gasteiger partial charge in [-0.2, -0.15) is 8.42 Å². The highest BCUT2D eigenvalue weighted by atomic mass is 32.2. The van der Waals surface area contributed by atoms with Crippen LogP contribution in [0.25, 0.3) is 0 Å². The molecule has 0 spiro atoms. The van der Waals surface area contributed by atoms with Gasteiger partial charge in [0.1, 0.15) is 6.04 Å². The Morgan fingerprint density at radius 3 is 2.06 bits per heavy atom. The van der Waals surface area contributed by atoms with E-state index in [0.717, 1.165) is 11.0 Å². The fourth-order valence-corrected chi connectivity index (χ4v) is 5.02. The summed E-state index contributed by atoms with van der Waals surface area (Å²) >= 11 is 0. The third kappa shape index (κ3) is 8.42. The monoisotopic (exact) mass is 523 g/mol. The lowest BCUT2D eigenvalue weighted by Gasteiger charge is -2.39. The van der Waals surface area contributed by atoms with Crippen LogP contribution in [0, 0.1) is 11.3 Å². The minimum absolute atomic E-state index is 0.0257. The van der Waals surface area contributed by atoms with Crippen molar-refractivity contribution in [1.29, 1.82) is 0 Å². The number of nitrogens with zero attached hydrogens (tertiary/aromatic N) is 1. The van der Waals surface area contributed by atoms with Crippen LogP contribution in [0.2, 0.25) is 0 Å². The van der Waals surface area contributed by atoms with Crippen LogP contribution in [-0.4, -0.2) is 64.0 Å². The van der Waals surface area contributed by atoms with E-state index in [1.165, 1.54) is 11.0 Å². The number of hydrogen-bond acceptors (Lipinski definition) is 6. The zero-order valence-electron chi connectivity index (χ0n) is 23.5. The lowest BCUT2D eigenvalue weighted by Crippen LogP contribution is -2.61. The van der Waals surface area contributed by atoms with Crippen LogP contribution in [0.15, 0.2) is 41.8 Å². The first kappa shape index (κ1) is 31.8. The third-order valence-corrected chi connectivity index (χ3v) is 7.45. The molecule has 9 heteroatoms. The molecule has 0 aromatic heterocycles. The van der Waals surface area contributed by atoms with Gasteiger partial charge < -0.3 is 15.5 Å². The molecule has 2 amide bonds. The number of carbonyl (C=O) groups is 2. The maximum absolute atomic E-state index is 13.7. The number of amides is 2. The Morgan fingerprint density at radius 1 is 1.06 bits per heavy atom. The molecule has 1 aromatic carbocycles. The van der Waals surface area contributed by atoms with Crippen molar-refractivity contribution in [3.8, 4) is 0 Å². The molecule has 204 valence electrons. The summed E-state index contributed by atoms with van der Waals surface area (Å²) in [6.45, 7) is 15.1. The lowest BCUT2D eigenvalue weighted by molar-refractivity contribution is -0.140. The lowest BCUT2D eigenvalue weighted by atomic mass is 9.76. The highest BCUT2D eigenvalue weighted by molar-refractivity contribution is 7.89. The summed E-state index contributed by atoms with van der Waals surface area (Å²) in [5.41, 5.74) is -0.150. The molecule has 0 saturated heterocycles. The number of benzene rings is 1. The van der Waals surface area contributed by atoms with Crippen molar-refractivity contribution in [2.24, 2.45) is 11.3 Å². The van der Waals surface area contributed by atoms with Crippen LogP contribution in [0.4, 0.5) is 0 Å². The van der Waals surface area contributed by atoms with Crippen LogP contribution < -0.4 is 10.6 Å². The predicted molar refractivity (Wildman–Crippen MR) is 145 cm³/mol. The van der Waals surface area contributed by atoms with Gasteiger partial charge in [-0.05, 0) is 36.9 Å². The smallest absolute Gasteiger partial charge is 0.289 e.